The Morgan fingerprint density at radius 2 is 1.97 bits per heavy atom. The maximum absolute atomic E-state index is 12.4. The Balaban J connectivity index is 1.62. The van der Waals surface area contributed by atoms with Crippen molar-refractivity contribution < 1.29 is 14.3 Å². The van der Waals surface area contributed by atoms with Gasteiger partial charge in [0.05, 0.1) is 22.0 Å². The van der Waals surface area contributed by atoms with Gasteiger partial charge in [0.25, 0.3) is 5.91 Å². The molecule has 0 radical (unpaired) electrons. The van der Waals surface area contributed by atoms with E-state index in [0.717, 1.165) is 0 Å². The van der Waals surface area contributed by atoms with Crippen LogP contribution in [-0.4, -0.2) is 32.3 Å². The molecule has 3 N–H and O–H groups in total. The number of thioether (sulfide) groups is 1. The van der Waals surface area contributed by atoms with Gasteiger partial charge in [0, 0.05) is 11.6 Å². The molecule has 0 unspecified atom stereocenters. The topological polar surface area (TPSA) is 112 Å². The van der Waals surface area contributed by atoms with E-state index in [9.17, 15) is 9.59 Å². The van der Waals surface area contributed by atoms with Gasteiger partial charge in [-0.3, -0.25) is 9.59 Å². The van der Waals surface area contributed by atoms with Gasteiger partial charge in [0.2, 0.25) is 5.91 Å². The number of hydrogen-bond acceptors (Lipinski definition) is 6. The second kappa shape index (κ2) is 10.5. The smallest absolute Gasteiger partial charge is 0.250 e. The number of para-hydroxylation sites is 1. The van der Waals surface area contributed by atoms with Gasteiger partial charge in [-0.25, -0.2) is 0 Å². The number of halogens is 2. The van der Waals surface area contributed by atoms with Crippen molar-refractivity contribution in [2.24, 2.45) is 5.73 Å². The Bertz CT molecular complexity index is 1110. The van der Waals surface area contributed by atoms with Crippen molar-refractivity contribution in [1.29, 1.82) is 0 Å². The zero-order valence-electron chi connectivity index (χ0n) is 16.5. The highest BCUT2D eigenvalue weighted by atomic mass is 35.5. The fourth-order valence-corrected chi connectivity index (χ4v) is 3.99. The van der Waals surface area contributed by atoms with E-state index in [0.29, 0.717) is 39.0 Å². The lowest BCUT2D eigenvalue weighted by Crippen LogP contribution is -2.19. The van der Waals surface area contributed by atoms with Crippen LogP contribution in [-0.2, 0) is 17.9 Å². The molecule has 0 fully saturated rings. The summed E-state index contributed by atoms with van der Waals surface area (Å²) in [6.07, 6.45) is 0. The molecular formula is C20H19Cl2N5O3S. The van der Waals surface area contributed by atoms with Gasteiger partial charge in [0.15, 0.2) is 11.0 Å². The highest BCUT2D eigenvalue weighted by Gasteiger charge is 2.16. The SMILES string of the molecule is CCn1c(COc2ccc(Cl)cc2Cl)nnc1SCC(=O)Nc1ccccc1C(N)=O. The number of carbonyl (C=O) groups excluding carboxylic acids is 2. The van der Waals surface area contributed by atoms with Crippen molar-refractivity contribution in [3.63, 3.8) is 0 Å². The maximum Gasteiger partial charge on any atom is 0.250 e. The van der Waals surface area contributed by atoms with Crippen LogP contribution < -0.4 is 15.8 Å². The quantitative estimate of drug-likeness (QED) is 0.448. The number of aromatic nitrogens is 3. The van der Waals surface area contributed by atoms with Gasteiger partial charge in [-0.05, 0) is 37.3 Å². The molecule has 31 heavy (non-hydrogen) atoms. The molecule has 3 aromatic rings. The summed E-state index contributed by atoms with van der Waals surface area (Å²) in [6, 6.07) is 11.5. The van der Waals surface area contributed by atoms with Crippen molar-refractivity contribution in [1.82, 2.24) is 14.8 Å². The van der Waals surface area contributed by atoms with Gasteiger partial charge in [0.1, 0.15) is 12.4 Å². The minimum atomic E-state index is -0.611. The Morgan fingerprint density at radius 1 is 1.19 bits per heavy atom. The second-order valence-electron chi connectivity index (χ2n) is 6.25. The predicted molar refractivity (Wildman–Crippen MR) is 121 cm³/mol. The number of amides is 2. The number of rotatable bonds is 9. The summed E-state index contributed by atoms with van der Waals surface area (Å²) in [6.45, 7) is 2.69. The van der Waals surface area contributed by atoms with Gasteiger partial charge in [-0.2, -0.15) is 0 Å². The molecule has 1 aromatic heterocycles. The van der Waals surface area contributed by atoms with E-state index in [1.54, 1.807) is 42.5 Å². The highest BCUT2D eigenvalue weighted by molar-refractivity contribution is 7.99. The minimum absolute atomic E-state index is 0.0785. The van der Waals surface area contributed by atoms with Crippen LogP contribution in [0.2, 0.25) is 10.0 Å². The molecule has 0 bridgehead atoms. The van der Waals surface area contributed by atoms with Crippen LogP contribution >= 0.6 is 35.0 Å². The molecule has 162 valence electrons. The van der Waals surface area contributed by atoms with Crippen molar-refractivity contribution >= 4 is 52.5 Å². The predicted octanol–water partition coefficient (Wildman–Crippen LogP) is 4.01. The molecule has 0 aliphatic rings. The van der Waals surface area contributed by atoms with Crippen molar-refractivity contribution in [3.8, 4) is 5.75 Å². The van der Waals surface area contributed by atoms with Crippen molar-refractivity contribution in [3.05, 3.63) is 63.9 Å². The monoisotopic (exact) mass is 479 g/mol. The largest absolute Gasteiger partial charge is 0.484 e. The lowest BCUT2D eigenvalue weighted by molar-refractivity contribution is -0.113. The van der Waals surface area contributed by atoms with Crippen molar-refractivity contribution in [2.75, 3.05) is 11.1 Å². The van der Waals surface area contributed by atoms with E-state index < -0.39 is 5.91 Å². The second-order valence-corrected chi connectivity index (χ2v) is 8.04. The van der Waals surface area contributed by atoms with Crippen LogP contribution in [0.4, 0.5) is 5.69 Å². The van der Waals surface area contributed by atoms with Gasteiger partial charge < -0.3 is 20.4 Å². The van der Waals surface area contributed by atoms with Crippen LogP contribution in [0.5, 0.6) is 5.75 Å². The first kappa shape index (κ1) is 22.9. The average molecular weight is 480 g/mol. The molecule has 0 saturated carbocycles. The number of benzene rings is 2. The first-order chi connectivity index (χ1) is 14.9. The normalized spacial score (nSPS) is 10.7. The van der Waals surface area contributed by atoms with E-state index in [1.165, 1.54) is 11.8 Å². The molecule has 0 aliphatic carbocycles. The summed E-state index contributed by atoms with van der Waals surface area (Å²) in [4.78, 5) is 23.8. The summed E-state index contributed by atoms with van der Waals surface area (Å²) in [5.74, 6) is 0.249. The van der Waals surface area contributed by atoms with E-state index in [4.69, 9.17) is 33.7 Å². The van der Waals surface area contributed by atoms with E-state index in [2.05, 4.69) is 15.5 Å². The highest BCUT2D eigenvalue weighted by Crippen LogP contribution is 2.28. The van der Waals surface area contributed by atoms with Gasteiger partial charge >= 0.3 is 0 Å². The standard InChI is InChI=1S/C20H19Cl2N5O3S/c1-2-27-17(10-30-16-8-7-12(21)9-14(16)22)25-26-20(27)31-11-18(28)24-15-6-4-3-5-13(15)19(23)29/h3-9H,2,10-11H2,1H3,(H2,23,29)(H,24,28). The van der Waals surface area contributed by atoms with Crippen LogP contribution in [0.15, 0.2) is 47.6 Å². The molecule has 3 rings (SSSR count). The summed E-state index contributed by atoms with van der Waals surface area (Å²) in [7, 11) is 0. The molecule has 2 amide bonds. The Morgan fingerprint density at radius 3 is 2.68 bits per heavy atom. The maximum atomic E-state index is 12.4. The lowest BCUT2D eigenvalue weighted by Gasteiger charge is -2.10. The number of nitrogens with two attached hydrogens (primary N) is 1. The third-order valence-electron chi connectivity index (χ3n) is 4.16. The van der Waals surface area contributed by atoms with Crippen LogP contribution in [0.3, 0.4) is 0 Å². The first-order valence-electron chi connectivity index (χ1n) is 9.20. The molecular weight excluding hydrogens is 461 g/mol. The summed E-state index contributed by atoms with van der Waals surface area (Å²) in [5.41, 5.74) is 5.95. The zero-order valence-corrected chi connectivity index (χ0v) is 18.8. The van der Waals surface area contributed by atoms with E-state index in [1.807, 2.05) is 11.5 Å². The molecule has 2 aromatic carbocycles. The molecule has 0 atom stereocenters. The van der Waals surface area contributed by atoms with Crippen LogP contribution in [0, 0.1) is 0 Å². The number of primary amides is 1. The number of carbonyl (C=O) groups is 2. The average Bonchev–Trinajstić information content (AvgIpc) is 3.13. The fourth-order valence-electron chi connectivity index (χ4n) is 2.71. The number of ether oxygens (including phenoxy) is 1. The number of nitrogens with one attached hydrogen (secondary N) is 1. The lowest BCUT2D eigenvalue weighted by atomic mass is 10.1. The molecule has 11 heteroatoms. The number of nitrogens with zero attached hydrogens (tertiary/aromatic N) is 3. The zero-order chi connectivity index (χ0) is 22.4. The van der Waals surface area contributed by atoms with Crippen LogP contribution in [0.25, 0.3) is 0 Å². The summed E-state index contributed by atoms with van der Waals surface area (Å²) < 4.78 is 7.57. The molecule has 8 nitrogen and oxygen atoms in total. The molecule has 0 spiro atoms. The summed E-state index contributed by atoms with van der Waals surface area (Å²) in [5, 5.41) is 12.5. The van der Waals surface area contributed by atoms with E-state index >= 15 is 0 Å². The fraction of sp³-hybridized carbons (Fsp3) is 0.200. The minimum Gasteiger partial charge on any atom is -0.484 e. The molecule has 0 saturated heterocycles. The van der Waals surface area contributed by atoms with Gasteiger partial charge in [-0.1, -0.05) is 47.1 Å². The summed E-state index contributed by atoms with van der Waals surface area (Å²) >= 11 is 13.2. The number of anilines is 1. The first-order valence-corrected chi connectivity index (χ1v) is 10.9. The molecule has 0 aliphatic heterocycles. The Kier molecular flexibility index (Phi) is 7.78. The van der Waals surface area contributed by atoms with Crippen LogP contribution in [0.1, 0.15) is 23.1 Å². The third-order valence-corrected chi connectivity index (χ3v) is 5.66. The number of hydrogen-bond donors (Lipinski definition) is 2. The third kappa shape index (κ3) is 5.90. The Hall–Kier alpha value is -2.75. The van der Waals surface area contributed by atoms with Gasteiger partial charge in [-0.15, -0.1) is 10.2 Å². The Labute approximate surface area is 193 Å². The van der Waals surface area contributed by atoms with Crippen molar-refractivity contribution in [2.45, 2.75) is 25.2 Å². The molecule has 1 heterocycles. The van der Waals surface area contributed by atoms with E-state index in [-0.39, 0.29) is 23.8 Å².